The molecule has 2 nitrogen and oxygen atoms in total. The predicted octanol–water partition coefficient (Wildman–Crippen LogP) is 2.94. The molecule has 0 aromatic rings. The smallest absolute Gasteiger partial charge is 0.00190 e. The Kier molecular flexibility index (Phi) is 7.25. The summed E-state index contributed by atoms with van der Waals surface area (Å²) in [5.74, 6) is 2.08. The SMILES string of the molecule is C.C.CN1CCC(C2CCN(C)CC2)CC1. The van der Waals surface area contributed by atoms with Crippen molar-refractivity contribution in [3.05, 3.63) is 0 Å². The fourth-order valence-corrected chi connectivity index (χ4v) is 3.00. The standard InChI is InChI=1S/C12H24N2.2CH4/c1-13-7-3-11(4-8-13)12-5-9-14(2)10-6-12;;/h11-12H,3-10H2,1-2H3;2*1H4. The molecule has 0 spiro atoms. The van der Waals surface area contributed by atoms with E-state index >= 15 is 0 Å². The molecule has 0 amide bonds. The zero-order chi connectivity index (χ0) is 9.97. The van der Waals surface area contributed by atoms with Crippen LogP contribution in [0, 0.1) is 11.8 Å². The Morgan fingerprint density at radius 3 is 1.12 bits per heavy atom. The minimum atomic E-state index is 0. The Morgan fingerprint density at radius 1 is 0.625 bits per heavy atom. The minimum absolute atomic E-state index is 0. The molecule has 2 aliphatic rings. The Labute approximate surface area is 103 Å². The van der Waals surface area contributed by atoms with E-state index in [1.165, 1.54) is 51.9 Å². The van der Waals surface area contributed by atoms with E-state index in [-0.39, 0.29) is 14.9 Å². The fourth-order valence-electron chi connectivity index (χ4n) is 3.00. The van der Waals surface area contributed by atoms with Crippen molar-refractivity contribution in [3.63, 3.8) is 0 Å². The summed E-state index contributed by atoms with van der Waals surface area (Å²) in [7, 11) is 4.51. The third kappa shape index (κ3) is 4.06. The number of nitrogens with zero attached hydrogens (tertiary/aromatic N) is 2. The Balaban J connectivity index is 0.00000112. The normalized spacial score (nSPS) is 25.9. The molecule has 2 aliphatic heterocycles. The monoisotopic (exact) mass is 228 g/mol. The molecule has 0 aromatic heterocycles. The maximum absolute atomic E-state index is 2.48. The molecule has 0 aliphatic carbocycles. The van der Waals surface area contributed by atoms with E-state index in [0.29, 0.717) is 0 Å². The van der Waals surface area contributed by atoms with E-state index in [2.05, 4.69) is 23.9 Å². The summed E-state index contributed by atoms with van der Waals surface area (Å²) in [6, 6.07) is 0. The van der Waals surface area contributed by atoms with Crippen LogP contribution in [0.25, 0.3) is 0 Å². The molecule has 16 heavy (non-hydrogen) atoms. The lowest BCUT2D eigenvalue weighted by molar-refractivity contribution is 0.117. The Bertz CT molecular complexity index is 146. The van der Waals surface area contributed by atoms with E-state index in [1.54, 1.807) is 0 Å². The van der Waals surface area contributed by atoms with Gasteiger partial charge in [0.05, 0.1) is 0 Å². The van der Waals surface area contributed by atoms with Gasteiger partial charge in [0, 0.05) is 0 Å². The number of likely N-dealkylation sites (tertiary alicyclic amines) is 2. The van der Waals surface area contributed by atoms with Crippen molar-refractivity contribution in [3.8, 4) is 0 Å². The highest BCUT2D eigenvalue weighted by molar-refractivity contribution is 4.80. The fraction of sp³-hybridized carbons (Fsp3) is 1.00. The van der Waals surface area contributed by atoms with Crippen molar-refractivity contribution in [1.29, 1.82) is 0 Å². The summed E-state index contributed by atoms with van der Waals surface area (Å²) >= 11 is 0. The third-order valence-corrected chi connectivity index (χ3v) is 4.19. The first-order valence-electron chi connectivity index (χ1n) is 6.13. The average molecular weight is 228 g/mol. The first-order valence-corrected chi connectivity index (χ1v) is 6.13. The van der Waals surface area contributed by atoms with Crippen LogP contribution >= 0.6 is 0 Å². The molecular formula is C14H32N2. The van der Waals surface area contributed by atoms with Crippen molar-refractivity contribution < 1.29 is 0 Å². The molecule has 2 fully saturated rings. The van der Waals surface area contributed by atoms with Gasteiger partial charge in [-0.3, -0.25) is 0 Å². The van der Waals surface area contributed by atoms with Gasteiger partial charge in [0.15, 0.2) is 0 Å². The molecular weight excluding hydrogens is 196 g/mol. The van der Waals surface area contributed by atoms with Gasteiger partial charge in [0.1, 0.15) is 0 Å². The highest BCUT2D eigenvalue weighted by Gasteiger charge is 2.27. The summed E-state index contributed by atoms with van der Waals surface area (Å²) in [5, 5.41) is 0. The van der Waals surface area contributed by atoms with Crippen LogP contribution in [0.2, 0.25) is 0 Å². The van der Waals surface area contributed by atoms with Crippen molar-refractivity contribution in [2.45, 2.75) is 40.5 Å². The van der Waals surface area contributed by atoms with Crippen molar-refractivity contribution >= 4 is 0 Å². The second kappa shape index (κ2) is 7.29. The van der Waals surface area contributed by atoms with Gasteiger partial charge in [-0.15, -0.1) is 0 Å². The van der Waals surface area contributed by atoms with E-state index in [9.17, 15) is 0 Å². The molecule has 0 saturated carbocycles. The molecule has 2 saturated heterocycles. The van der Waals surface area contributed by atoms with Gasteiger partial charge in [-0.05, 0) is 77.8 Å². The van der Waals surface area contributed by atoms with Crippen molar-refractivity contribution in [1.82, 2.24) is 9.80 Å². The maximum Gasteiger partial charge on any atom is -0.00190 e. The largest absolute Gasteiger partial charge is 0.306 e. The number of piperidine rings is 2. The second-order valence-electron chi connectivity index (χ2n) is 5.28. The Hall–Kier alpha value is -0.0800. The lowest BCUT2D eigenvalue weighted by atomic mass is 9.79. The van der Waals surface area contributed by atoms with Crippen LogP contribution in [0.15, 0.2) is 0 Å². The topological polar surface area (TPSA) is 6.48 Å². The van der Waals surface area contributed by atoms with E-state index in [1.807, 2.05) is 0 Å². The molecule has 98 valence electrons. The zero-order valence-electron chi connectivity index (χ0n) is 9.71. The van der Waals surface area contributed by atoms with Crippen LogP contribution < -0.4 is 0 Å². The first kappa shape index (κ1) is 15.9. The minimum Gasteiger partial charge on any atom is -0.306 e. The van der Waals surface area contributed by atoms with Gasteiger partial charge in [-0.25, -0.2) is 0 Å². The summed E-state index contributed by atoms with van der Waals surface area (Å²) < 4.78 is 0. The van der Waals surface area contributed by atoms with Gasteiger partial charge in [-0.2, -0.15) is 0 Å². The summed E-state index contributed by atoms with van der Waals surface area (Å²) in [5.41, 5.74) is 0. The Morgan fingerprint density at radius 2 is 0.875 bits per heavy atom. The number of hydrogen-bond donors (Lipinski definition) is 0. The van der Waals surface area contributed by atoms with Gasteiger partial charge in [-0.1, -0.05) is 14.9 Å². The van der Waals surface area contributed by atoms with Crippen molar-refractivity contribution in [2.24, 2.45) is 11.8 Å². The summed E-state index contributed by atoms with van der Waals surface area (Å²) in [6.45, 7) is 5.32. The maximum atomic E-state index is 2.48. The molecule has 2 rings (SSSR count). The molecule has 0 atom stereocenters. The summed E-state index contributed by atoms with van der Waals surface area (Å²) in [4.78, 5) is 4.96. The van der Waals surface area contributed by atoms with Gasteiger partial charge >= 0.3 is 0 Å². The van der Waals surface area contributed by atoms with Crippen LogP contribution in [-0.4, -0.2) is 50.1 Å². The van der Waals surface area contributed by atoms with E-state index in [4.69, 9.17) is 0 Å². The highest BCUT2D eigenvalue weighted by Crippen LogP contribution is 2.31. The van der Waals surface area contributed by atoms with Crippen LogP contribution in [-0.2, 0) is 0 Å². The highest BCUT2D eigenvalue weighted by atomic mass is 15.1. The first-order chi connectivity index (χ1) is 6.75. The van der Waals surface area contributed by atoms with Gasteiger partial charge < -0.3 is 9.80 Å². The summed E-state index contributed by atoms with van der Waals surface area (Å²) in [6.07, 6.45) is 5.80. The number of rotatable bonds is 1. The van der Waals surface area contributed by atoms with Gasteiger partial charge in [0.25, 0.3) is 0 Å². The molecule has 0 N–H and O–H groups in total. The lowest BCUT2D eigenvalue weighted by Crippen LogP contribution is -2.38. The second-order valence-corrected chi connectivity index (χ2v) is 5.28. The van der Waals surface area contributed by atoms with Crippen molar-refractivity contribution in [2.75, 3.05) is 40.3 Å². The average Bonchev–Trinajstić information content (AvgIpc) is 2.21. The zero-order valence-corrected chi connectivity index (χ0v) is 9.71. The molecule has 0 unspecified atom stereocenters. The van der Waals surface area contributed by atoms with Crippen LogP contribution in [0.5, 0.6) is 0 Å². The molecule has 0 bridgehead atoms. The van der Waals surface area contributed by atoms with Gasteiger partial charge in [0.2, 0.25) is 0 Å². The third-order valence-electron chi connectivity index (χ3n) is 4.19. The molecule has 0 radical (unpaired) electrons. The van der Waals surface area contributed by atoms with Crippen LogP contribution in [0.4, 0.5) is 0 Å². The number of hydrogen-bond acceptors (Lipinski definition) is 2. The van der Waals surface area contributed by atoms with E-state index < -0.39 is 0 Å². The van der Waals surface area contributed by atoms with E-state index in [0.717, 1.165) is 11.8 Å². The van der Waals surface area contributed by atoms with Crippen LogP contribution in [0.1, 0.15) is 40.5 Å². The predicted molar refractivity (Wildman–Crippen MR) is 73.9 cm³/mol. The molecule has 0 aromatic carbocycles. The lowest BCUT2D eigenvalue weighted by Gasteiger charge is -2.38. The quantitative estimate of drug-likeness (QED) is 0.681. The molecule has 2 heterocycles. The van der Waals surface area contributed by atoms with Crippen LogP contribution in [0.3, 0.4) is 0 Å². The molecule has 2 heteroatoms.